The van der Waals surface area contributed by atoms with E-state index in [0.29, 0.717) is 10.9 Å². The average molecular weight is 258 g/mol. The summed E-state index contributed by atoms with van der Waals surface area (Å²) in [7, 11) is 0. The van der Waals surface area contributed by atoms with E-state index in [-0.39, 0.29) is 17.8 Å². The van der Waals surface area contributed by atoms with Gasteiger partial charge in [0.05, 0.1) is 6.04 Å². The van der Waals surface area contributed by atoms with Crippen molar-refractivity contribution < 1.29 is 9.18 Å². The zero-order valence-corrected chi connectivity index (χ0v) is 8.97. The van der Waals surface area contributed by atoms with E-state index >= 15 is 0 Å². The molecule has 0 spiro atoms. The minimum atomic E-state index is -0.282. The van der Waals surface area contributed by atoms with Crippen molar-refractivity contribution in [1.29, 1.82) is 0 Å². The number of rotatable bonds is 1. The largest absolute Gasteiger partial charge is 0.349 e. The fourth-order valence-electron chi connectivity index (χ4n) is 1.64. The molecule has 1 saturated heterocycles. The number of carbonyl (C=O) groups excluding carboxylic acids is 1. The Morgan fingerprint density at radius 1 is 1.43 bits per heavy atom. The number of nitrogens with one attached hydrogen (secondary N) is 1. The topological polar surface area (TPSA) is 29.1 Å². The summed E-state index contributed by atoms with van der Waals surface area (Å²) >= 11 is 3.22. The zero-order valence-electron chi connectivity index (χ0n) is 7.39. The lowest BCUT2D eigenvalue weighted by molar-refractivity contribution is -0.119. The van der Waals surface area contributed by atoms with Gasteiger partial charge in [0.25, 0.3) is 0 Å². The smallest absolute Gasteiger partial charge is 0.220 e. The molecule has 0 radical (unpaired) electrons. The van der Waals surface area contributed by atoms with E-state index in [0.717, 1.165) is 12.0 Å². The molecule has 1 fully saturated rings. The lowest BCUT2D eigenvalue weighted by Crippen LogP contribution is -2.18. The number of halogens is 2. The first kappa shape index (κ1) is 9.65. The fourth-order valence-corrected chi connectivity index (χ4v) is 2.12. The van der Waals surface area contributed by atoms with Gasteiger partial charge in [-0.05, 0) is 30.2 Å². The van der Waals surface area contributed by atoms with Gasteiger partial charge in [-0.1, -0.05) is 15.9 Å². The molecule has 0 unspecified atom stereocenters. The van der Waals surface area contributed by atoms with Crippen LogP contribution in [0.1, 0.15) is 24.4 Å². The number of amides is 1. The summed E-state index contributed by atoms with van der Waals surface area (Å²) in [6.45, 7) is 0. The van der Waals surface area contributed by atoms with E-state index in [1.807, 2.05) is 6.07 Å². The lowest BCUT2D eigenvalue weighted by atomic mass is 10.1. The fraction of sp³-hybridized carbons (Fsp3) is 0.300. The van der Waals surface area contributed by atoms with Crippen LogP contribution in [0.5, 0.6) is 0 Å². The van der Waals surface area contributed by atoms with E-state index in [4.69, 9.17) is 0 Å². The predicted molar refractivity (Wildman–Crippen MR) is 54.2 cm³/mol. The second-order valence-corrected chi connectivity index (χ2v) is 4.28. The third-order valence-electron chi connectivity index (χ3n) is 2.28. The van der Waals surface area contributed by atoms with Gasteiger partial charge in [0, 0.05) is 10.9 Å². The van der Waals surface area contributed by atoms with Gasteiger partial charge in [0.2, 0.25) is 5.91 Å². The molecule has 1 heterocycles. The molecule has 0 saturated carbocycles. The second kappa shape index (κ2) is 3.69. The van der Waals surface area contributed by atoms with Crippen LogP contribution in [-0.4, -0.2) is 5.91 Å². The van der Waals surface area contributed by atoms with Crippen molar-refractivity contribution in [2.75, 3.05) is 0 Å². The molecule has 1 aromatic carbocycles. The number of hydrogen-bond donors (Lipinski definition) is 1. The molecule has 1 amide bonds. The Balaban J connectivity index is 2.27. The quantitative estimate of drug-likeness (QED) is 0.824. The van der Waals surface area contributed by atoms with Crippen LogP contribution in [0.15, 0.2) is 22.7 Å². The molecule has 2 nitrogen and oxygen atoms in total. The highest BCUT2D eigenvalue weighted by Crippen LogP contribution is 2.26. The summed E-state index contributed by atoms with van der Waals surface area (Å²) in [6, 6.07) is 4.66. The summed E-state index contributed by atoms with van der Waals surface area (Å²) in [6.07, 6.45) is 1.27. The molecular weight excluding hydrogens is 249 g/mol. The first-order valence-corrected chi connectivity index (χ1v) is 5.20. The van der Waals surface area contributed by atoms with Crippen LogP contribution in [0.4, 0.5) is 4.39 Å². The number of benzene rings is 1. The van der Waals surface area contributed by atoms with Crippen LogP contribution in [0.3, 0.4) is 0 Å². The van der Waals surface area contributed by atoms with E-state index in [1.165, 1.54) is 12.1 Å². The van der Waals surface area contributed by atoms with E-state index in [9.17, 15) is 9.18 Å². The highest BCUT2D eigenvalue weighted by atomic mass is 79.9. The summed E-state index contributed by atoms with van der Waals surface area (Å²) < 4.78 is 13.7. The van der Waals surface area contributed by atoms with Crippen molar-refractivity contribution in [2.45, 2.75) is 18.9 Å². The van der Waals surface area contributed by atoms with Gasteiger partial charge in [-0.2, -0.15) is 0 Å². The molecule has 0 aliphatic carbocycles. The van der Waals surface area contributed by atoms with Gasteiger partial charge < -0.3 is 5.32 Å². The molecule has 2 rings (SSSR count). The molecular formula is C10H9BrFNO. The molecule has 14 heavy (non-hydrogen) atoms. The Hall–Kier alpha value is -0.900. The standard InChI is InChI=1S/C10H9BrFNO/c11-7-3-6(4-8(12)5-7)9-1-2-10(14)13-9/h3-5,9H,1-2H2,(H,13,14)/t9-/m1/s1. The molecule has 0 bridgehead atoms. The molecule has 0 aromatic heterocycles. The van der Waals surface area contributed by atoms with Gasteiger partial charge in [-0.25, -0.2) is 4.39 Å². The van der Waals surface area contributed by atoms with Crippen molar-refractivity contribution in [3.63, 3.8) is 0 Å². The maximum atomic E-state index is 13.0. The van der Waals surface area contributed by atoms with Crippen LogP contribution in [0.2, 0.25) is 0 Å². The Morgan fingerprint density at radius 2 is 2.21 bits per heavy atom. The van der Waals surface area contributed by atoms with Crippen LogP contribution >= 0.6 is 15.9 Å². The molecule has 4 heteroatoms. The highest BCUT2D eigenvalue weighted by molar-refractivity contribution is 9.10. The van der Waals surface area contributed by atoms with Gasteiger partial charge in [0.1, 0.15) is 5.82 Å². The third kappa shape index (κ3) is 1.95. The third-order valence-corrected chi connectivity index (χ3v) is 2.74. The highest BCUT2D eigenvalue weighted by Gasteiger charge is 2.22. The molecule has 1 N–H and O–H groups in total. The van der Waals surface area contributed by atoms with Crippen molar-refractivity contribution >= 4 is 21.8 Å². The van der Waals surface area contributed by atoms with E-state index < -0.39 is 0 Å². The number of hydrogen-bond acceptors (Lipinski definition) is 1. The Kier molecular flexibility index (Phi) is 2.54. The zero-order chi connectivity index (χ0) is 10.1. The minimum Gasteiger partial charge on any atom is -0.349 e. The molecule has 1 aliphatic rings. The maximum Gasteiger partial charge on any atom is 0.220 e. The Morgan fingerprint density at radius 3 is 2.79 bits per heavy atom. The monoisotopic (exact) mass is 257 g/mol. The average Bonchev–Trinajstić information content (AvgIpc) is 2.50. The molecule has 74 valence electrons. The summed E-state index contributed by atoms with van der Waals surface area (Å²) in [5.41, 5.74) is 0.822. The van der Waals surface area contributed by atoms with Gasteiger partial charge in [0.15, 0.2) is 0 Å². The van der Waals surface area contributed by atoms with E-state index in [2.05, 4.69) is 21.2 Å². The first-order chi connectivity index (χ1) is 6.65. The van der Waals surface area contributed by atoms with Crippen LogP contribution in [0.25, 0.3) is 0 Å². The molecule has 1 atom stereocenters. The normalized spacial score (nSPS) is 21.0. The van der Waals surface area contributed by atoms with Gasteiger partial charge >= 0.3 is 0 Å². The molecule has 1 aliphatic heterocycles. The predicted octanol–water partition coefficient (Wildman–Crippen LogP) is 2.54. The maximum absolute atomic E-state index is 13.0. The Bertz CT molecular complexity index is 360. The molecule has 1 aromatic rings. The van der Waals surface area contributed by atoms with Crippen molar-refractivity contribution in [3.8, 4) is 0 Å². The summed E-state index contributed by atoms with van der Waals surface area (Å²) in [4.78, 5) is 11.0. The van der Waals surface area contributed by atoms with Crippen molar-refractivity contribution in [2.24, 2.45) is 0 Å². The summed E-state index contributed by atoms with van der Waals surface area (Å²) in [5, 5.41) is 2.80. The lowest BCUT2D eigenvalue weighted by Gasteiger charge is -2.10. The van der Waals surface area contributed by atoms with Crippen molar-refractivity contribution in [1.82, 2.24) is 5.32 Å². The van der Waals surface area contributed by atoms with Crippen LogP contribution in [0, 0.1) is 5.82 Å². The van der Waals surface area contributed by atoms with E-state index in [1.54, 1.807) is 0 Å². The van der Waals surface area contributed by atoms with Crippen LogP contribution < -0.4 is 5.32 Å². The van der Waals surface area contributed by atoms with Gasteiger partial charge in [-0.15, -0.1) is 0 Å². The summed E-state index contributed by atoms with van der Waals surface area (Å²) in [5.74, 6) is -0.245. The van der Waals surface area contributed by atoms with Crippen molar-refractivity contribution in [3.05, 3.63) is 34.1 Å². The minimum absolute atomic E-state index is 0.0329. The first-order valence-electron chi connectivity index (χ1n) is 4.40. The number of carbonyl (C=O) groups is 1. The second-order valence-electron chi connectivity index (χ2n) is 3.36. The van der Waals surface area contributed by atoms with Gasteiger partial charge in [-0.3, -0.25) is 4.79 Å². The van der Waals surface area contributed by atoms with Crippen LogP contribution in [-0.2, 0) is 4.79 Å². The Labute approximate surface area is 89.6 Å². The SMILES string of the molecule is O=C1CC[C@H](c2cc(F)cc(Br)c2)N1.